The first-order valence-electron chi connectivity index (χ1n) is 6.82. The topological polar surface area (TPSA) is 82.1 Å². The third-order valence-corrected chi connectivity index (χ3v) is 3.26. The maximum atomic E-state index is 11.7. The first kappa shape index (κ1) is 15.8. The predicted molar refractivity (Wildman–Crippen MR) is 75.0 cm³/mol. The van der Waals surface area contributed by atoms with Crippen LogP contribution in [-0.4, -0.2) is 37.1 Å². The number of carbonyl (C=O) groups excluding carboxylic acids is 3. The fourth-order valence-electron chi connectivity index (χ4n) is 2.09. The standard InChI is InChI=1S/C15H17NO6/c1-20-11-5-3-10(9-12(11)21-2)4-8-15(19)22-16-13(17)6-7-14(16)18/h3,5,9H,4,6-8H2,1-2H3. The Morgan fingerprint density at radius 2 is 1.73 bits per heavy atom. The second-order valence-corrected chi connectivity index (χ2v) is 4.73. The summed E-state index contributed by atoms with van der Waals surface area (Å²) in [5.41, 5.74) is 0.855. The fourth-order valence-corrected chi connectivity index (χ4v) is 2.09. The zero-order valence-corrected chi connectivity index (χ0v) is 12.5. The number of ether oxygens (including phenoxy) is 2. The highest BCUT2D eigenvalue weighted by atomic mass is 16.7. The summed E-state index contributed by atoms with van der Waals surface area (Å²) in [4.78, 5) is 39.2. The number of hydrogen-bond donors (Lipinski definition) is 0. The van der Waals surface area contributed by atoms with E-state index < -0.39 is 17.8 Å². The first-order valence-corrected chi connectivity index (χ1v) is 6.82. The molecule has 1 saturated heterocycles. The van der Waals surface area contributed by atoms with Gasteiger partial charge in [-0.05, 0) is 24.1 Å². The monoisotopic (exact) mass is 307 g/mol. The molecule has 0 spiro atoms. The smallest absolute Gasteiger partial charge is 0.333 e. The summed E-state index contributed by atoms with van der Waals surface area (Å²) in [7, 11) is 3.07. The number of methoxy groups -OCH3 is 2. The van der Waals surface area contributed by atoms with E-state index in [4.69, 9.17) is 14.3 Å². The van der Waals surface area contributed by atoms with E-state index in [1.807, 2.05) is 0 Å². The van der Waals surface area contributed by atoms with Crippen molar-refractivity contribution in [1.82, 2.24) is 5.06 Å². The summed E-state index contributed by atoms with van der Waals surface area (Å²) in [6.07, 6.45) is 0.617. The Bertz CT molecular complexity index is 582. The van der Waals surface area contributed by atoms with Crippen molar-refractivity contribution in [2.24, 2.45) is 0 Å². The number of rotatable bonds is 6. The molecule has 2 rings (SSSR count). The van der Waals surface area contributed by atoms with Gasteiger partial charge in [-0.3, -0.25) is 9.59 Å². The normalized spacial score (nSPS) is 14.2. The van der Waals surface area contributed by atoms with Gasteiger partial charge >= 0.3 is 5.97 Å². The average molecular weight is 307 g/mol. The molecule has 1 aliphatic heterocycles. The van der Waals surface area contributed by atoms with Crippen molar-refractivity contribution >= 4 is 17.8 Å². The first-order chi connectivity index (χ1) is 10.5. The van der Waals surface area contributed by atoms with E-state index in [1.54, 1.807) is 25.3 Å². The highest BCUT2D eigenvalue weighted by Crippen LogP contribution is 2.28. The van der Waals surface area contributed by atoms with Gasteiger partial charge < -0.3 is 14.3 Å². The summed E-state index contributed by atoms with van der Waals surface area (Å²) in [6, 6.07) is 5.31. The van der Waals surface area contributed by atoms with Crippen molar-refractivity contribution in [3.63, 3.8) is 0 Å². The second kappa shape index (κ2) is 6.93. The average Bonchev–Trinajstić information content (AvgIpc) is 2.84. The van der Waals surface area contributed by atoms with Crippen molar-refractivity contribution < 1.29 is 28.7 Å². The molecular weight excluding hydrogens is 290 g/mol. The van der Waals surface area contributed by atoms with Crippen LogP contribution in [-0.2, 0) is 25.6 Å². The van der Waals surface area contributed by atoms with Gasteiger partial charge in [0, 0.05) is 12.8 Å². The molecule has 1 aromatic carbocycles. The molecule has 1 aliphatic rings. The zero-order valence-electron chi connectivity index (χ0n) is 12.5. The number of imide groups is 1. The molecule has 22 heavy (non-hydrogen) atoms. The molecule has 2 amide bonds. The Balaban J connectivity index is 1.91. The van der Waals surface area contributed by atoms with Crippen LogP contribution in [0.2, 0.25) is 0 Å². The molecule has 0 unspecified atom stereocenters. The van der Waals surface area contributed by atoms with Crippen molar-refractivity contribution in [2.75, 3.05) is 14.2 Å². The van der Waals surface area contributed by atoms with Crippen molar-refractivity contribution in [3.8, 4) is 11.5 Å². The molecule has 118 valence electrons. The van der Waals surface area contributed by atoms with E-state index in [-0.39, 0.29) is 19.3 Å². The van der Waals surface area contributed by atoms with E-state index in [9.17, 15) is 14.4 Å². The van der Waals surface area contributed by atoms with E-state index in [1.165, 1.54) is 7.11 Å². The number of aryl methyl sites for hydroxylation is 1. The molecule has 0 bridgehead atoms. The molecule has 0 radical (unpaired) electrons. The van der Waals surface area contributed by atoms with Gasteiger partial charge in [-0.25, -0.2) is 4.79 Å². The summed E-state index contributed by atoms with van der Waals surface area (Å²) >= 11 is 0. The largest absolute Gasteiger partial charge is 0.493 e. The van der Waals surface area contributed by atoms with Crippen LogP contribution in [0.3, 0.4) is 0 Å². The number of amides is 2. The van der Waals surface area contributed by atoms with Crippen molar-refractivity contribution in [2.45, 2.75) is 25.7 Å². The van der Waals surface area contributed by atoms with Crippen LogP contribution in [0.4, 0.5) is 0 Å². The molecule has 1 fully saturated rings. The molecule has 0 aliphatic carbocycles. The highest BCUT2D eigenvalue weighted by Gasteiger charge is 2.32. The van der Waals surface area contributed by atoms with Gasteiger partial charge in [0.2, 0.25) is 0 Å². The van der Waals surface area contributed by atoms with Crippen molar-refractivity contribution in [3.05, 3.63) is 23.8 Å². The van der Waals surface area contributed by atoms with Gasteiger partial charge in [0.1, 0.15) is 0 Å². The van der Waals surface area contributed by atoms with Gasteiger partial charge in [-0.15, -0.1) is 5.06 Å². The summed E-state index contributed by atoms with van der Waals surface area (Å²) in [5, 5.41) is 0.553. The maximum Gasteiger partial charge on any atom is 0.333 e. The van der Waals surface area contributed by atoms with Crippen LogP contribution in [0.1, 0.15) is 24.8 Å². The van der Waals surface area contributed by atoms with E-state index in [0.717, 1.165) is 5.56 Å². The number of nitrogens with zero attached hydrogens (tertiary/aromatic N) is 1. The molecule has 0 saturated carbocycles. The van der Waals surface area contributed by atoms with Crippen molar-refractivity contribution in [1.29, 1.82) is 0 Å². The third-order valence-electron chi connectivity index (χ3n) is 3.26. The Morgan fingerprint density at radius 3 is 2.32 bits per heavy atom. The minimum absolute atomic E-state index is 0.0482. The quantitative estimate of drug-likeness (QED) is 0.736. The van der Waals surface area contributed by atoms with Crippen LogP contribution in [0.15, 0.2) is 18.2 Å². The Hall–Kier alpha value is -2.57. The number of benzene rings is 1. The molecule has 7 nitrogen and oxygen atoms in total. The van der Waals surface area contributed by atoms with Gasteiger partial charge in [-0.1, -0.05) is 6.07 Å². The summed E-state index contributed by atoms with van der Waals surface area (Å²) in [6.45, 7) is 0. The molecule has 1 heterocycles. The Labute approximate surface area is 127 Å². The number of hydroxylamine groups is 2. The summed E-state index contributed by atoms with van der Waals surface area (Å²) < 4.78 is 10.3. The highest BCUT2D eigenvalue weighted by molar-refractivity contribution is 6.01. The lowest BCUT2D eigenvalue weighted by molar-refractivity contribution is -0.197. The third kappa shape index (κ3) is 3.55. The van der Waals surface area contributed by atoms with Gasteiger partial charge in [0.15, 0.2) is 11.5 Å². The lowest BCUT2D eigenvalue weighted by atomic mass is 10.1. The van der Waals surface area contributed by atoms with Crippen LogP contribution in [0.25, 0.3) is 0 Å². The lowest BCUT2D eigenvalue weighted by Gasteiger charge is -2.13. The van der Waals surface area contributed by atoms with Gasteiger partial charge in [0.05, 0.1) is 20.6 Å². The fraction of sp³-hybridized carbons (Fsp3) is 0.400. The van der Waals surface area contributed by atoms with E-state index in [2.05, 4.69) is 0 Å². The molecule has 7 heteroatoms. The minimum Gasteiger partial charge on any atom is -0.493 e. The zero-order chi connectivity index (χ0) is 16.1. The SMILES string of the molecule is COc1ccc(CCC(=O)ON2C(=O)CCC2=O)cc1OC. The summed E-state index contributed by atoms with van der Waals surface area (Å²) in [5.74, 6) is -0.423. The Kier molecular flexibility index (Phi) is 4.98. The van der Waals surface area contributed by atoms with Crippen LogP contribution in [0.5, 0.6) is 11.5 Å². The molecule has 0 aromatic heterocycles. The second-order valence-electron chi connectivity index (χ2n) is 4.73. The van der Waals surface area contributed by atoms with Crippen LogP contribution < -0.4 is 9.47 Å². The van der Waals surface area contributed by atoms with E-state index in [0.29, 0.717) is 23.0 Å². The van der Waals surface area contributed by atoms with E-state index >= 15 is 0 Å². The molecular formula is C15H17NO6. The van der Waals surface area contributed by atoms with Crippen LogP contribution >= 0.6 is 0 Å². The van der Waals surface area contributed by atoms with Crippen LogP contribution in [0, 0.1) is 0 Å². The number of hydrogen-bond acceptors (Lipinski definition) is 6. The minimum atomic E-state index is -0.626. The lowest BCUT2D eigenvalue weighted by Crippen LogP contribution is -2.32. The molecule has 1 aromatic rings. The molecule has 0 atom stereocenters. The van der Waals surface area contributed by atoms with Gasteiger partial charge in [-0.2, -0.15) is 0 Å². The number of carbonyl (C=O) groups is 3. The molecule has 0 N–H and O–H groups in total. The van der Waals surface area contributed by atoms with Gasteiger partial charge in [0.25, 0.3) is 11.8 Å². The predicted octanol–water partition coefficient (Wildman–Crippen LogP) is 1.24. The maximum absolute atomic E-state index is 11.7. The Morgan fingerprint density at radius 1 is 1.09 bits per heavy atom.